The Morgan fingerprint density at radius 1 is 1.32 bits per heavy atom. The first-order valence-electron chi connectivity index (χ1n) is 6.21. The maximum atomic E-state index is 11.2. The Morgan fingerprint density at radius 3 is 2.74 bits per heavy atom. The van der Waals surface area contributed by atoms with Crippen molar-refractivity contribution in [3.8, 4) is 11.3 Å². The van der Waals surface area contributed by atoms with E-state index in [-0.39, 0.29) is 5.97 Å². The number of nitrogens with one attached hydrogen (secondary N) is 1. The van der Waals surface area contributed by atoms with Crippen LogP contribution in [0.15, 0.2) is 42.6 Å². The SMILES string of the molecule is CCOC(=O)CC=Cc1ccc(-c2ccn[nH]2)cc1. The van der Waals surface area contributed by atoms with E-state index in [1.165, 1.54) is 0 Å². The fraction of sp³-hybridized carbons (Fsp3) is 0.200. The van der Waals surface area contributed by atoms with Crippen molar-refractivity contribution < 1.29 is 9.53 Å². The summed E-state index contributed by atoms with van der Waals surface area (Å²) in [6, 6.07) is 9.94. The second-order valence-electron chi connectivity index (χ2n) is 4.00. The Labute approximate surface area is 112 Å². The minimum atomic E-state index is -0.201. The van der Waals surface area contributed by atoms with Gasteiger partial charge in [0, 0.05) is 6.20 Å². The van der Waals surface area contributed by atoms with Crippen molar-refractivity contribution in [3.63, 3.8) is 0 Å². The molecule has 1 heterocycles. The molecular formula is C15H16N2O2. The van der Waals surface area contributed by atoms with Crippen LogP contribution in [0.25, 0.3) is 17.3 Å². The van der Waals surface area contributed by atoms with E-state index in [1.54, 1.807) is 13.1 Å². The van der Waals surface area contributed by atoms with Crippen LogP contribution in [-0.4, -0.2) is 22.8 Å². The molecule has 0 bridgehead atoms. The van der Waals surface area contributed by atoms with E-state index >= 15 is 0 Å². The topological polar surface area (TPSA) is 55.0 Å². The first-order valence-corrected chi connectivity index (χ1v) is 6.21. The molecule has 0 saturated carbocycles. The summed E-state index contributed by atoms with van der Waals surface area (Å²) in [5.74, 6) is -0.201. The summed E-state index contributed by atoms with van der Waals surface area (Å²) in [6.07, 6.45) is 5.75. The van der Waals surface area contributed by atoms with Gasteiger partial charge in [0.2, 0.25) is 0 Å². The molecule has 0 fully saturated rings. The maximum absolute atomic E-state index is 11.2. The number of hydrogen-bond donors (Lipinski definition) is 1. The first kappa shape index (κ1) is 13.1. The largest absolute Gasteiger partial charge is 0.466 e. The van der Waals surface area contributed by atoms with Crippen molar-refractivity contribution >= 4 is 12.0 Å². The molecule has 0 spiro atoms. The van der Waals surface area contributed by atoms with Gasteiger partial charge in [0.05, 0.1) is 18.7 Å². The van der Waals surface area contributed by atoms with Gasteiger partial charge in [0.15, 0.2) is 0 Å². The van der Waals surface area contributed by atoms with Crippen LogP contribution in [0.3, 0.4) is 0 Å². The van der Waals surface area contributed by atoms with Crippen LogP contribution in [0.1, 0.15) is 18.9 Å². The molecule has 1 aromatic heterocycles. The monoisotopic (exact) mass is 256 g/mol. The molecule has 1 N–H and O–H groups in total. The van der Waals surface area contributed by atoms with Crippen LogP contribution in [0.5, 0.6) is 0 Å². The highest BCUT2D eigenvalue weighted by molar-refractivity contribution is 5.72. The molecule has 0 saturated heterocycles. The predicted molar refractivity (Wildman–Crippen MR) is 74.3 cm³/mol. The summed E-state index contributed by atoms with van der Waals surface area (Å²) in [4.78, 5) is 11.2. The maximum Gasteiger partial charge on any atom is 0.309 e. The fourth-order valence-corrected chi connectivity index (χ4v) is 1.70. The van der Waals surface area contributed by atoms with E-state index in [1.807, 2.05) is 42.5 Å². The normalized spacial score (nSPS) is 10.8. The second kappa shape index (κ2) is 6.54. The van der Waals surface area contributed by atoms with Crippen molar-refractivity contribution in [1.82, 2.24) is 10.2 Å². The second-order valence-corrected chi connectivity index (χ2v) is 4.00. The molecule has 98 valence electrons. The van der Waals surface area contributed by atoms with Crippen molar-refractivity contribution in [2.45, 2.75) is 13.3 Å². The highest BCUT2D eigenvalue weighted by Gasteiger charge is 1.98. The lowest BCUT2D eigenvalue weighted by molar-refractivity contribution is -0.142. The zero-order valence-electron chi connectivity index (χ0n) is 10.8. The van der Waals surface area contributed by atoms with E-state index in [2.05, 4.69) is 10.2 Å². The van der Waals surface area contributed by atoms with Gasteiger partial charge in [0.25, 0.3) is 0 Å². The summed E-state index contributed by atoms with van der Waals surface area (Å²) in [5.41, 5.74) is 3.12. The molecule has 2 aromatic rings. The number of esters is 1. The summed E-state index contributed by atoms with van der Waals surface area (Å²) in [7, 11) is 0. The van der Waals surface area contributed by atoms with Gasteiger partial charge in [-0.25, -0.2) is 0 Å². The summed E-state index contributed by atoms with van der Waals surface area (Å²) in [5, 5.41) is 6.83. The van der Waals surface area contributed by atoms with E-state index in [9.17, 15) is 4.79 Å². The molecule has 2 rings (SSSR count). The number of rotatable bonds is 5. The van der Waals surface area contributed by atoms with Gasteiger partial charge in [-0.05, 0) is 24.1 Å². The van der Waals surface area contributed by atoms with Crippen LogP contribution in [0.4, 0.5) is 0 Å². The molecule has 0 amide bonds. The highest BCUT2D eigenvalue weighted by atomic mass is 16.5. The van der Waals surface area contributed by atoms with E-state index in [0.29, 0.717) is 13.0 Å². The number of carbonyl (C=O) groups is 1. The number of aromatic nitrogens is 2. The van der Waals surface area contributed by atoms with Gasteiger partial charge in [-0.1, -0.05) is 36.4 Å². The van der Waals surface area contributed by atoms with E-state index in [0.717, 1.165) is 16.8 Å². The van der Waals surface area contributed by atoms with Gasteiger partial charge in [-0.15, -0.1) is 0 Å². The molecule has 4 heteroatoms. The molecule has 1 aromatic carbocycles. The lowest BCUT2D eigenvalue weighted by Crippen LogP contribution is -2.01. The molecule has 0 radical (unpaired) electrons. The van der Waals surface area contributed by atoms with Crippen LogP contribution >= 0.6 is 0 Å². The average Bonchev–Trinajstić information content (AvgIpc) is 2.94. The number of aromatic amines is 1. The van der Waals surface area contributed by atoms with Crippen molar-refractivity contribution in [3.05, 3.63) is 48.2 Å². The zero-order valence-corrected chi connectivity index (χ0v) is 10.8. The first-order chi connectivity index (χ1) is 9.29. The lowest BCUT2D eigenvalue weighted by Gasteiger charge is -1.99. The Morgan fingerprint density at radius 2 is 2.11 bits per heavy atom. The van der Waals surface area contributed by atoms with Crippen LogP contribution < -0.4 is 0 Å². The van der Waals surface area contributed by atoms with Crippen molar-refractivity contribution in [1.29, 1.82) is 0 Å². The Bertz CT molecular complexity index is 542. The molecule has 4 nitrogen and oxygen atoms in total. The Kier molecular flexibility index (Phi) is 4.50. The van der Waals surface area contributed by atoms with Gasteiger partial charge in [-0.2, -0.15) is 5.10 Å². The van der Waals surface area contributed by atoms with Crippen LogP contribution in [-0.2, 0) is 9.53 Å². The van der Waals surface area contributed by atoms with Crippen LogP contribution in [0, 0.1) is 0 Å². The standard InChI is InChI=1S/C15H16N2O2/c1-2-19-15(18)5-3-4-12-6-8-13(9-7-12)14-10-11-16-17-14/h3-4,6-11H,2,5H2,1H3,(H,16,17). The smallest absolute Gasteiger partial charge is 0.309 e. The van der Waals surface area contributed by atoms with Crippen molar-refractivity contribution in [2.75, 3.05) is 6.61 Å². The molecular weight excluding hydrogens is 240 g/mol. The minimum absolute atomic E-state index is 0.201. The van der Waals surface area contributed by atoms with E-state index < -0.39 is 0 Å². The molecule has 0 unspecified atom stereocenters. The van der Waals surface area contributed by atoms with Crippen LogP contribution in [0.2, 0.25) is 0 Å². The predicted octanol–water partition coefficient (Wildman–Crippen LogP) is 3.04. The third-order valence-electron chi connectivity index (χ3n) is 2.62. The Hall–Kier alpha value is -2.36. The summed E-state index contributed by atoms with van der Waals surface area (Å²) in [6.45, 7) is 2.22. The number of benzene rings is 1. The van der Waals surface area contributed by atoms with Gasteiger partial charge >= 0.3 is 5.97 Å². The molecule has 0 atom stereocenters. The third kappa shape index (κ3) is 3.81. The highest BCUT2D eigenvalue weighted by Crippen LogP contribution is 2.17. The number of ether oxygens (including phenoxy) is 1. The molecule has 19 heavy (non-hydrogen) atoms. The number of H-pyrrole nitrogens is 1. The minimum Gasteiger partial charge on any atom is -0.466 e. The summed E-state index contributed by atoms with van der Waals surface area (Å²) < 4.78 is 4.85. The zero-order chi connectivity index (χ0) is 13.5. The quantitative estimate of drug-likeness (QED) is 0.836. The van der Waals surface area contributed by atoms with Crippen molar-refractivity contribution in [2.24, 2.45) is 0 Å². The number of hydrogen-bond acceptors (Lipinski definition) is 3. The fourth-order valence-electron chi connectivity index (χ4n) is 1.70. The molecule has 0 aliphatic carbocycles. The Balaban J connectivity index is 1.95. The van der Waals surface area contributed by atoms with E-state index in [4.69, 9.17) is 4.74 Å². The number of carbonyl (C=O) groups excluding carboxylic acids is 1. The number of nitrogens with zero attached hydrogens (tertiary/aromatic N) is 1. The third-order valence-corrected chi connectivity index (χ3v) is 2.62. The summed E-state index contributed by atoms with van der Waals surface area (Å²) >= 11 is 0. The lowest BCUT2D eigenvalue weighted by atomic mass is 10.1. The average molecular weight is 256 g/mol. The van der Waals surface area contributed by atoms with Gasteiger partial charge < -0.3 is 4.74 Å². The molecule has 0 aliphatic rings. The van der Waals surface area contributed by atoms with Gasteiger partial charge in [0.1, 0.15) is 0 Å². The van der Waals surface area contributed by atoms with Gasteiger partial charge in [-0.3, -0.25) is 9.89 Å². The molecule has 0 aliphatic heterocycles.